The van der Waals surface area contributed by atoms with Gasteiger partial charge in [-0.1, -0.05) is 90.5 Å². The molecule has 0 aromatic heterocycles. The van der Waals surface area contributed by atoms with Gasteiger partial charge in [0, 0.05) is 29.1 Å². The highest BCUT2D eigenvalue weighted by Gasteiger charge is 2.33. The van der Waals surface area contributed by atoms with Gasteiger partial charge in [-0.05, 0) is 65.6 Å². The van der Waals surface area contributed by atoms with Crippen molar-refractivity contribution < 1.29 is 29.4 Å². The first-order chi connectivity index (χ1) is 21.6. The van der Waals surface area contributed by atoms with Crippen LogP contribution in [0.15, 0.2) is 103 Å². The maximum absolute atomic E-state index is 13.7. The van der Waals surface area contributed by atoms with Crippen LogP contribution in [-0.4, -0.2) is 51.5 Å². The summed E-state index contributed by atoms with van der Waals surface area (Å²) < 4.78 is 0. The number of carbonyl (C=O) groups is 4. The van der Waals surface area contributed by atoms with E-state index in [9.17, 15) is 29.4 Å². The number of aliphatic carboxylic acids is 2. The molecule has 0 heterocycles. The third-order valence-electron chi connectivity index (χ3n) is 7.73. The largest absolute Gasteiger partial charge is 0.481 e. The van der Waals surface area contributed by atoms with Crippen molar-refractivity contribution in [2.24, 2.45) is 5.92 Å². The molecule has 4 rings (SSSR count). The van der Waals surface area contributed by atoms with Gasteiger partial charge in [0.15, 0.2) is 0 Å². The van der Waals surface area contributed by atoms with Crippen LogP contribution in [0.4, 0.5) is 5.69 Å². The van der Waals surface area contributed by atoms with Crippen LogP contribution in [0.25, 0.3) is 16.8 Å². The number of anilines is 1. The zero-order valence-electron chi connectivity index (χ0n) is 24.8. The smallest absolute Gasteiger partial charge is 0.307 e. The van der Waals surface area contributed by atoms with Crippen LogP contribution < -0.4 is 5.32 Å². The number of halogens is 1. The lowest BCUT2D eigenvalue weighted by Crippen LogP contribution is -2.47. The van der Waals surface area contributed by atoms with Crippen molar-refractivity contribution in [1.29, 1.82) is 0 Å². The Kier molecular flexibility index (Phi) is 11.5. The fourth-order valence-corrected chi connectivity index (χ4v) is 5.45. The van der Waals surface area contributed by atoms with Gasteiger partial charge in [-0.2, -0.15) is 0 Å². The highest BCUT2D eigenvalue weighted by atomic mass is 35.5. The van der Waals surface area contributed by atoms with Crippen LogP contribution in [0, 0.1) is 5.92 Å². The van der Waals surface area contributed by atoms with Crippen molar-refractivity contribution in [1.82, 2.24) is 4.90 Å². The first-order valence-corrected chi connectivity index (χ1v) is 15.0. The maximum atomic E-state index is 13.7. The van der Waals surface area contributed by atoms with Crippen LogP contribution in [0.2, 0.25) is 5.02 Å². The van der Waals surface area contributed by atoms with E-state index < -0.39 is 48.6 Å². The molecule has 0 bridgehead atoms. The second-order valence-electron chi connectivity index (χ2n) is 10.9. The molecular formula is C36H35ClN2O6. The Morgan fingerprint density at radius 3 is 2.18 bits per heavy atom. The van der Waals surface area contributed by atoms with Crippen molar-refractivity contribution in [3.8, 4) is 0 Å². The first kappa shape index (κ1) is 33.0. The Labute approximate surface area is 266 Å². The Bertz CT molecular complexity index is 1670. The zero-order valence-corrected chi connectivity index (χ0v) is 25.6. The number of carbonyl (C=O) groups excluding carboxylic acids is 2. The Balaban J connectivity index is 1.64. The molecule has 232 valence electrons. The van der Waals surface area contributed by atoms with Crippen LogP contribution in [-0.2, 0) is 19.2 Å². The van der Waals surface area contributed by atoms with E-state index in [0.717, 1.165) is 21.9 Å². The monoisotopic (exact) mass is 626 g/mol. The molecular weight excluding hydrogens is 592 g/mol. The van der Waals surface area contributed by atoms with E-state index in [1.807, 2.05) is 67.6 Å². The molecule has 0 radical (unpaired) electrons. The standard InChI is InChI=1S/C36H35ClN2O6/c1-24(39(23-33(40)38-31-11-3-2-4-12-31)34(41)21-29(36(44)45)22-35(42)43)32(27-16-18-30(37)19-17-27)13-7-8-25-14-15-26-9-5-6-10-28(26)20-25/h2-12,14-20,24,29,32H,13,21-23H2,1H3,(H,38,40)(H,42,43)(H,44,45)/b8-7+. The lowest BCUT2D eigenvalue weighted by Gasteiger charge is -2.35. The molecule has 0 spiro atoms. The third-order valence-corrected chi connectivity index (χ3v) is 7.98. The van der Waals surface area contributed by atoms with Crippen LogP contribution in [0.1, 0.15) is 43.2 Å². The summed E-state index contributed by atoms with van der Waals surface area (Å²) in [5.41, 5.74) is 2.42. The van der Waals surface area contributed by atoms with E-state index in [2.05, 4.69) is 17.4 Å². The molecule has 0 aliphatic rings. The summed E-state index contributed by atoms with van der Waals surface area (Å²) in [6.07, 6.45) is 3.22. The summed E-state index contributed by atoms with van der Waals surface area (Å²) in [6.45, 7) is 1.45. The number of nitrogens with zero attached hydrogens (tertiary/aromatic N) is 1. The third kappa shape index (κ3) is 9.52. The van der Waals surface area contributed by atoms with Crippen molar-refractivity contribution in [3.63, 3.8) is 0 Å². The number of hydrogen-bond acceptors (Lipinski definition) is 4. The summed E-state index contributed by atoms with van der Waals surface area (Å²) >= 11 is 6.18. The summed E-state index contributed by atoms with van der Waals surface area (Å²) in [7, 11) is 0. The Hall–Kier alpha value is -4.95. The lowest BCUT2D eigenvalue weighted by atomic mass is 9.87. The van der Waals surface area contributed by atoms with E-state index in [-0.39, 0.29) is 12.5 Å². The van der Waals surface area contributed by atoms with Gasteiger partial charge in [-0.15, -0.1) is 0 Å². The van der Waals surface area contributed by atoms with Crippen LogP contribution in [0.5, 0.6) is 0 Å². The van der Waals surface area contributed by atoms with Gasteiger partial charge in [-0.3, -0.25) is 19.2 Å². The highest BCUT2D eigenvalue weighted by molar-refractivity contribution is 6.30. The lowest BCUT2D eigenvalue weighted by molar-refractivity contribution is -0.151. The molecule has 9 heteroatoms. The number of hydrogen-bond donors (Lipinski definition) is 3. The SMILES string of the molecule is CC(C(C/C=C/c1ccc2ccccc2c1)c1ccc(Cl)cc1)N(CC(=O)Nc1ccccc1)C(=O)CC(CC(=O)O)C(=O)O. The van der Waals surface area contributed by atoms with E-state index in [0.29, 0.717) is 17.1 Å². The van der Waals surface area contributed by atoms with Gasteiger partial charge in [0.05, 0.1) is 12.3 Å². The molecule has 2 amide bonds. The number of rotatable bonds is 14. The summed E-state index contributed by atoms with van der Waals surface area (Å²) in [6, 6.07) is 29.7. The highest BCUT2D eigenvalue weighted by Crippen LogP contribution is 2.30. The van der Waals surface area contributed by atoms with Crippen molar-refractivity contribution in [2.75, 3.05) is 11.9 Å². The molecule has 4 aromatic rings. The molecule has 3 atom stereocenters. The Morgan fingerprint density at radius 2 is 1.51 bits per heavy atom. The first-order valence-electron chi connectivity index (χ1n) is 14.6. The molecule has 0 fully saturated rings. The quantitative estimate of drug-likeness (QED) is 0.137. The molecule has 0 aliphatic heterocycles. The van der Waals surface area contributed by atoms with Crippen molar-refractivity contribution in [2.45, 2.75) is 38.1 Å². The number of amides is 2. The molecule has 3 N–H and O–H groups in total. The van der Waals surface area contributed by atoms with Crippen LogP contribution in [0.3, 0.4) is 0 Å². The predicted octanol–water partition coefficient (Wildman–Crippen LogP) is 7.10. The number of para-hydroxylation sites is 1. The summed E-state index contributed by atoms with van der Waals surface area (Å²) in [5, 5.41) is 24.4. The van der Waals surface area contributed by atoms with Gasteiger partial charge >= 0.3 is 11.9 Å². The zero-order chi connectivity index (χ0) is 32.3. The number of carboxylic acid groups (broad SMARTS) is 2. The molecule has 0 aliphatic carbocycles. The normalized spacial score (nSPS) is 13.2. The number of carboxylic acids is 2. The molecule has 45 heavy (non-hydrogen) atoms. The van der Waals surface area contributed by atoms with Gasteiger partial charge in [-0.25, -0.2) is 0 Å². The minimum Gasteiger partial charge on any atom is -0.481 e. The summed E-state index contributed by atoms with van der Waals surface area (Å²) in [5.74, 6) is -5.56. The predicted molar refractivity (Wildman–Crippen MR) is 176 cm³/mol. The maximum Gasteiger partial charge on any atom is 0.307 e. The second kappa shape index (κ2) is 15.7. The van der Waals surface area contributed by atoms with Gasteiger partial charge < -0.3 is 20.4 Å². The van der Waals surface area contributed by atoms with Crippen molar-refractivity contribution >= 4 is 57.9 Å². The minimum absolute atomic E-state index is 0.310. The topological polar surface area (TPSA) is 124 Å². The number of nitrogens with one attached hydrogen (secondary N) is 1. The average molecular weight is 627 g/mol. The molecule has 3 unspecified atom stereocenters. The average Bonchev–Trinajstić information content (AvgIpc) is 3.02. The second-order valence-corrected chi connectivity index (χ2v) is 11.4. The van der Waals surface area contributed by atoms with E-state index in [4.69, 9.17) is 11.6 Å². The number of allylic oxidation sites excluding steroid dienone is 1. The van der Waals surface area contributed by atoms with E-state index in [1.54, 1.807) is 36.4 Å². The van der Waals surface area contributed by atoms with E-state index in [1.165, 1.54) is 4.90 Å². The summed E-state index contributed by atoms with van der Waals surface area (Å²) in [4.78, 5) is 51.4. The van der Waals surface area contributed by atoms with Gasteiger partial charge in [0.25, 0.3) is 0 Å². The van der Waals surface area contributed by atoms with Crippen LogP contribution >= 0.6 is 11.6 Å². The molecule has 0 saturated heterocycles. The fourth-order valence-electron chi connectivity index (χ4n) is 5.32. The molecule has 4 aromatic carbocycles. The van der Waals surface area contributed by atoms with Gasteiger partial charge in [0.2, 0.25) is 11.8 Å². The number of benzene rings is 4. The minimum atomic E-state index is -1.44. The van der Waals surface area contributed by atoms with Crippen molar-refractivity contribution in [3.05, 3.63) is 119 Å². The Morgan fingerprint density at radius 1 is 0.844 bits per heavy atom. The fraction of sp³-hybridized carbons (Fsp3) is 0.222. The molecule has 0 saturated carbocycles. The van der Waals surface area contributed by atoms with E-state index >= 15 is 0 Å². The molecule has 8 nitrogen and oxygen atoms in total. The van der Waals surface area contributed by atoms with Gasteiger partial charge in [0.1, 0.15) is 6.54 Å². The number of fused-ring (bicyclic) bond motifs is 1.